The minimum Gasteiger partial charge on any atom is -0.501 e. The van der Waals surface area contributed by atoms with E-state index in [2.05, 4.69) is 173 Å². The Balaban J connectivity index is 0.000000234. The Hall–Kier alpha value is -7.43. The molecule has 0 saturated heterocycles. The van der Waals surface area contributed by atoms with E-state index in [1.165, 1.54) is 32.7 Å². The third-order valence-corrected chi connectivity index (χ3v) is 14.4. The summed E-state index contributed by atoms with van der Waals surface area (Å²) in [5.74, 6) is 1.19. The molecule has 9 aromatic carbocycles. The average Bonchev–Trinajstić information content (AvgIpc) is 3.36. The zero-order chi connectivity index (χ0) is 57.3. The molecule has 0 N–H and O–H groups in total. The van der Waals surface area contributed by atoms with Gasteiger partial charge >= 0.3 is 0 Å². The normalized spacial score (nSPS) is 13.3. The molecule has 77 heavy (non-hydrogen) atoms. The number of hydrogen-bond acceptors (Lipinski definition) is 3. The van der Waals surface area contributed by atoms with Crippen LogP contribution in [0.2, 0.25) is 0 Å². The van der Waals surface area contributed by atoms with Gasteiger partial charge in [-0.1, -0.05) is 208 Å². The van der Waals surface area contributed by atoms with E-state index in [0.717, 1.165) is 83.6 Å². The van der Waals surface area contributed by atoms with Crippen LogP contribution in [0, 0.1) is 24.4 Å². The molecule has 4 nitrogen and oxygen atoms in total. The number of imidazole rings is 1. The minimum atomic E-state index is -2.19. The third-order valence-electron chi connectivity index (χ3n) is 14.4. The summed E-state index contributed by atoms with van der Waals surface area (Å²) in [7, 11) is 0. The van der Waals surface area contributed by atoms with E-state index in [0.29, 0.717) is 16.7 Å². The van der Waals surface area contributed by atoms with Gasteiger partial charge in [0.05, 0.1) is 22.4 Å². The Morgan fingerprint density at radius 2 is 1.34 bits per heavy atom. The fourth-order valence-electron chi connectivity index (χ4n) is 10.5. The number of aryl methyl sites for hydroxylation is 1. The third kappa shape index (κ3) is 10.6. The van der Waals surface area contributed by atoms with Gasteiger partial charge in [-0.05, 0) is 132 Å². The molecule has 12 aromatic rings. The Morgan fingerprint density at radius 1 is 0.636 bits per heavy atom. The monoisotopic (exact) mass is 1190 g/mol. The van der Waals surface area contributed by atoms with Crippen LogP contribution in [0.15, 0.2) is 187 Å². The predicted molar refractivity (Wildman–Crippen MR) is 322 cm³/mol. The van der Waals surface area contributed by atoms with Crippen molar-refractivity contribution in [2.24, 2.45) is 5.41 Å². The molecule has 0 bridgehead atoms. The summed E-state index contributed by atoms with van der Waals surface area (Å²) in [6, 6.07) is 66.3. The summed E-state index contributed by atoms with van der Waals surface area (Å²) in [6.45, 7) is 19.1. The van der Waals surface area contributed by atoms with Crippen molar-refractivity contribution in [1.29, 1.82) is 0 Å². The number of nitrogens with zero attached hydrogens (tertiary/aromatic N) is 3. The molecule has 0 aliphatic rings. The second-order valence-corrected chi connectivity index (χ2v) is 22.8. The van der Waals surface area contributed by atoms with Crippen molar-refractivity contribution in [3.8, 4) is 50.6 Å². The summed E-state index contributed by atoms with van der Waals surface area (Å²) in [5, 5.41) is 6.90. The van der Waals surface area contributed by atoms with E-state index in [9.17, 15) is 0 Å². The van der Waals surface area contributed by atoms with Gasteiger partial charge in [-0.15, -0.1) is 47.5 Å². The van der Waals surface area contributed by atoms with E-state index < -0.39 is 18.6 Å². The van der Waals surface area contributed by atoms with Crippen LogP contribution in [0.25, 0.3) is 105 Å². The summed E-state index contributed by atoms with van der Waals surface area (Å²) < 4.78 is 50.4. The van der Waals surface area contributed by atoms with Crippen molar-refractivity contribution in [2.45, 2.75) is 99.7 Å². The van der Waals surface area contributed by atoms with Gasteiger partial charge in [-0.3, -0.25) is 4.98 Å². The maximum Gasteiger partial charge on any atom is 0.121 e. The average molecular weight is 1190 g/mol. The molecule has 0 unspecified atom stereocenters. The Kier molecular flexibility index (Phi) is 12.9. The van der Waals surface area contributed by atoms with Gasteiger partial charge in [0.1, 0.15) is 5.58 Å². The molecule has 0 spiro atoms. The maximum absolute atomic E-state index is 8.83. The smallest absolute Gasteiger partial charge is 0.121 e. The largest absolute Gasteiger partial charge is 0.501 e. The molecule has 1 radical (unpaired) electrons. The summed E-state index contributed by atoms with van der Waals surface area (Å²) in [4.78, 5) is 9.92. The number of benzene rings is 9. The van der Waals surface area contributed by atoms with Crippen LogP contribution in [0.4, 0.5) is 0 Å². The number of para-hydroxylation sites is 2. The number of hydrogen-bond donors (Lipinski definition) is 0. The van der Waals surface area contributed by atoms with Crippen LogP contribution < -0.4 is 0 Å². The van der Waals surface area contributed by atoms with Crippen molar-refractivity contribution in [3.63, 3.8) is 0 Å². The van der Waals surface area contributed by atoms with Gasteiger partial charge < -0.3 is 14.0 Å². The van der Waals surface area contributed by atoms with Crippen molar-refractivity contribution in [2.75, 3.05) is 0 Å². The molecule has 3 heterocycles. The molecule has 12 rings (SSSR count). The Morgan fingerprint density at radius 3 is 2.03 bits per heavy atom. The first-order valence-corrected chi connectivity index (χ1v) is 26.5. The van der Waals surface area contributed by atoms with Crippen LogP contribution in [-0.2, 0) is 31.9 Å². The van der Waals surface area contributed by atoms with E-state index in [1.807, 2.05) is 93.7 Å². The second-order valence-electron chi connectivity index (χ2n) is 22.8. The number of fused-ring (bicyclic) bond motifs is 7. The van der Waals surface area contributed by atoms with Crippen molar-refractivity contribution in [1.82, 2.24) is 14.5 Å². The number of rotatable bonds is 8. The molecule has 0 amide bonds. The van der Waals surface area contributed by atoms with Crippen molar-refractivity contribution >= 4 is 54.5 Å². The standard InChI is InChI=1S/C50H45N2O.C22H22N.Ir/c1-30(2)40-26-36(33-21-19-32(20-22-33)29-50(5,6)7)27-41(31(3)4)47(40)52-45-18-11-10-17-44(45)51-49(52)39-16-12-15-38-43-25-35-24-23-34-13-8-9-14-37(34)42(35)28-46(43)53-48(38)39;1-16-10-11-18(14-20(16)17-8-6-5-7-9-17)21-13-12-19(15-23-21)22(2,3)4;/h8-15,17-28,30-31H,29H2,1-7H3;5-10,12-15H,1-4H3;/q2*-1;/i29D2;1D3;. The van der Waals surface area contributed by atoms with Crippen molar-refractivity contribution < 1.29 is 31.4 Å². The molecule has 0 aliphatic carbocycles. The fraction of sp³-hybridized carbons (Fsp3) is 0.222. The van der Waals surface area contributed by atoms with E-state index in [-0.39, 0.29) is 37.4 Å². The van der Waals surface area contributed by atoms with Gasteiger partial charge in [0.2, 0.25) is 0 Å². The molecule has 0 atom stereocenters. The second kappa shape index (κ2) is 21.2. The van der Waals surface area contributed by atoms with Crippen LogP contribution in [0.5, 0.6) is 0 Å². The van der Waals surface area contributed by atoms with Crippen LogP contribution in [-0.4, -0.2) is 14.5 Å². The zero-order valence-corrected chi connectivity index (χ0v) is 48.0. The van der Waals surface area contributed by atoms with Gasteiger partial charge in [0.15, 0.2) is 0 Å². The van der Waals surface area contributed by atoms with Crippen LogP contribution >= 0.6 is 0 Å². The van der Waals surface area contributed by atoms with Gasteiger partial charge in [0, 0.05) is 44.2 Å². The topological polar surface area (TPSA) is 43.9 Å². The summed E-state index contributed by atoms with van der Waals surface area (Å²) in [5.41, 5.74) is 15.0. The molecular formula is C72H67IrN3O-2. The molecule has 387 valence electrons. The Bertz CT molecular complexity index is 4280. The molecule has 3 aromatic heterocycles. The van der Waals surface area contributed by atoms with Crippen LogP contribution in [0.1, 0.15) is 116 Å². The SMILES string of the molecule is [2H]C([2H])([2H])c1c[c-]c(-c2ccc(C(C)(C)C)cn2)cc1-c1ccccc1.[2H]C([2H])(c1ccc(-c2cc(C(C)C)c(-n3c(-c4[c-]ccc5c4oc4cc6c(ccc7ccccc76)cc45)nc4ccccc43)c(C(C)C)c2)cc1)C(C)(C)C.[Ir]. The zero-order valence-electron chi connectivity index (χ0n) is 50.6. The predicted octanol–water partition coefficient (Wildman–Crippen LogP) is 20.0. The first-order valence-electron chi connectivity index (χ1n) is 29.0. The van der Waals surface area contributed by atoms with E-state index >= 15 is 0 Å². The molecule has 0 saturated carbocycles. The summed E-state index contributed by atoms with van der Waals surface area (Å²) in [6.07, 6.45) is 0.422. The summed E-state index contributed by atoms with van der Waals surface area (Å²) >= 11 is 0. The first-order chi connectivity index (χ1) is 38.5. The molecule has 5 heteroatoms. The fourth-order valence-corrected chi connectivity index (χ4v) is 10.5. The van der Waals surface area contributed by atoms with Crippen molar-refractivity contribution in [3.05, 3.63) is 222 Å². The first kappa shape index (κ1) is 46.8. The maximum atomic E-state index is 8.83. The molecular weight excluding hydrogens is 1120 g/mol. The molecule has 0 aliphatic heterocycles. The Labute approximate surface area is 475 Å². The van der Waals surface area contributed by atoms with E-state index in [1.54, 1.807) is 6.07 Å². The number of pyridine rings is 1. The number of aromatic nitrogens is 3. The quantitative estimate of drug-likeness (QED) is 0.112. The van der Waals surface area contributed by atoms with Gasteiger partial charge in [0.25, 0.3) is 0 Å². The van der Waals surface area contributed by atoms with Gasteiger partial charge in [-0.2, -0.15) is 0 Å². The molecule has 0 fully saturated rings. The number of furan rings is 1. The van der Waals surface area contributed by atoms with E-state index in [4.69, 9.17) is 16.3 Å². The minimum absolute atomic E-state index is 0. The van der Waals surface area contributed by atoms with Crippen LogP contribution in [0.3, 0.4) is 0 Å². The van der Waals surface area contributed by atoms with Gasteiger partial charge in [-0.25, -0.2) is 0 Å².